The number of phenols is 1. The average molecular weight is 195 g/mol. The largest absolute Gasteiger partial charge is 0.508 e. The Labute approximate surface area is 82.8 Å². The molecule has 1 saturated heterocycles. The molecule has 1 aromatic rings. The number of hydrogen-bond donors (Lipinski definition) is 2. The predicted octanol–water partition coefficient (Wildman–Crippen LogP) is 2.35. The molecular weight excluding hydrogens is 181 g/mol. The van der Waals surface area contributed by atoms with Crippen LogP contribution in [-0.2, 0) is 0 Å². The van der Waals surface area contributed by atoms with Crippen molar-refractivity contribution < 1.29 is 9.50 Å². The summed E-state index contributed by atoms with van der Waals surface area (Å²) in [5, 5.41) is 12.5. The van der Waals surface area contributed by atoms with Crippen molar-refractivity contribution in [1.29, 1.82) is 0 Å². The molecule has 2 nitrogen and oxygen atoms in total. The summed E-state index contributed by atoms with van der Waals surface area (Å²) in [4.78, 5) is 0. The predicted molar refractivity (Wildman–Crippen MR) is 52.7 cm³/mol. The van der Waals surface area contributed by atoms with Crippen LogP contribution in [0.1, 0.15) is 30.9 Å². The molecule has 1 fully saturated rings. The van der Waals surface area contributed by atoms with E-state index in [1.165, 1.54) is 18.2 Å². The Bertz CT molecular complexity index is 321. The van der Waals surface area contributed by atoms with E-state index in [0.717, 1.165) is 25.8 Å². The van der Waals surface area contributed by atoms with E-state index in [9.17, 15) is 9.50 Å². The van der Waals surface area contributed by atoms with Crippen molar-refractivity contribution in [2.24, 2.45) is 0 Å². The molecule has 1 unspecified atom stereocenters. The van der Waals surface area contributed by atoms with Crippen LogP contribution in [0.5, 0.6) is 5.75 Å². The molecule has 0 bridgehead atoms. The zero-order valence-electron chi connectivity index (χ0n) is 7.96. The molecule has 2 N–H and O–H groups in total. The van der Waals surface area contributed by atoms with Gasteiger partial charge in [0, 0.05) is 11.6 Å². The van der Waals surface area contributed by atoms with E-state index in [1.54, 1.807) is 0 Å². The van der Waals surface area contributed by atoms with Crippen molar-refractivity contribution in [2.45, 2.75) is 25.3 Å². The zero-order chi connectivity index (χ0) is 9.97. The van der Waals surface area contributed by atoms with Crippen molar-refractivity contribution >= 4 is 0 Å². The fourth-order valence-electron chi connectivity index (χ4n) is 1.92. The third-order valence-corrected chi connectivity index (χ3v) is 2.67. The highest BCUT2D eigenvalue weighted by Gasteiger charge is 2.18. The summed E-state index contributed by atoms with van der Waals surface area (Å²) in [5.74, 6) is -0.101. The van der Waals surface area contributed by atoms with E-state index >= 15 is 0 Å². The Kier molecular flexibility index (Phi) is 2.68. The Hall–Kier alpha value is -1.09. The van der Waals surface area contributed by atoms with Gasteiger partial charge in [-0.2, -0.15) is 0 Å². The highest BCUT2D eigenvalue weighted by atomic mass is 19.1. The molecule has 0 radical (unpaired) electrons. The topological polar surface area (TPSA) is 32.3 Å². The Morgan fingerprint density at radius 3 is 2.93 bits per heavy atom. The van der Waals surface area contributed by atoms with Gasteiger partial charge in [0.25, 0.3) is 0 Å². The molecule has 0 aromatic heterocycles. The zero-order valence-corrected chi connectivity index (χ0v) is 7.96. The lowest BCUT2D eigenvalue weighted by Crippen LogP contribution is -2.27. The molecule has 0 aliphatic carbocycles. The van der Waals surface area contributed by atoms with Gasteiger partial charge in [-0.3, -0.25) is 0 Å². The molecule has 1 atom stereocenters. The van der Waals surface area contributed by atoms with Crippen LogP contribution >= 0.6 is 0 Å². The molecule has 0 amide bonds. The molecule has 14 heavy (non-hydrogen) atoms. The summed E-state index contributed by atoms with van der Waals surface area (Å²) >= 11 is 0. The number of aromatic hydroxyl groups is 1. The summed E-state index contributed by atoms with van der Waals surface area (Å²) in [6.07, 6.45) is 3.21. The Morgan fingerprint density at radius 1 is 1.36 bits per heavy atom. The quantitative estimate of drug-likeness (QED) is 0.721. The molecule has 2 rings (SSSR count). The van der Waals surface area contributed by atoms with E-state index in [4.69, 9.17) is 0 Å². The normalized spacial score (nSPS) is 22.2. The highest BCUT2D eigenvalue weighted by Crippen LogP contribution is 2.27. The van der Waals surface area contributed by atoms with E-state index in [0.29, 0.717) is 5.56 Å². The van der Waals surface area contributed by atoms with Crippen LogP contribution in [-0.4, -0.2) is 11.7 Å². The second-order valence-corrected chi connectivity index (χ2v) is 3.71. The van der Waals surface area contributed by atoms with Crippen LogP contribution in [0.25, 0.3) is 0 Å². The maximum Gasteiger partial charge on any atom is 0.128 e. The van der Waals surface area contributed by atoms with E-state index < -0.39 is 0 Å². The van der Waals surface area contributed by atoms with Crippen LogP contribution in [0.3, 0.4) is 0 Å². The molecule has 0 spiro atoms. The van der Waals surface area contributed by atoms with Gasteiger partial charge in [-0.1, -0.05) is 6.42 Å². The van der Waals surface area contributed by atoms with Crippen LogP contribution in [0.2, 0.25) is 0 Å². The number of rotatable bonds is 1. The monoisotopic (exact) mass is 195 g/mol. The van der Waals surface area contributed by atoms with Crippen LogP contribution in [0.4, 0.5) is 4.39 Å². The van der Waals surface area contributed by atoms with E-state index in [1.807, 2.05) is 0 Å². The van der Waals surface area contributed by atoms with E-state index in [-0.39, 0.29) is 17.6 Å². The van der Waals surface area contributed by atoms with Crippen LogP contribution in [0.15, 0.2) is 18.2 Å². The molecule has 1 heterocycles. The maximum atomic E-state index is 13.4. The van der Waals surface area contributed by atoms with Crippen LogP contribution in [0, 0.1) is 5.82 Å². The number of piperidine rings is 1. The smallest absolute Gasteiger partial charge is 0.128 e. The number of phenolic OH excluding ortho intramolecular Hbond substituents is 1. The Morgan fingerprint density at radius 2 is 2.21 bits per heavy atom. The Balaban J connectivity index is 2.24. The minimum atomic E-state index is -0.234. The highest BCUT2D eigenvalue weighted by molar-refractivity contribution is 5.31. The molecular formula is C11H14FNO. The van der Waals surface area contributed by atoms with Gasteiger partial charge in [-0.15, -0.1) is 0 Å². The lowest BCUT2D eigenvalue weighted by atomic mass is 9.97. The molecule has 1 aliphatic rings. The third-order valence-electron chi connectivity index (χ3n) is 2.67. The number of hydrogen-bond acceptors (Lipinski definition) is 2. The minimum Gasteiger partial charge on any atom is -0.508 e. The fraction of sp³-hybridized carbons (Fsp3) is 0.455. The van der Waals surface area contributed by atoms with Crippen molar-refractivity contribution in [3.8, 4) is 5.75 Å². The SMILES string of the molecule is Oc1ccc(F)c(C2CCCCN2)c1. The number of benzene rings is 1. The van der Waals surface area contributed by atoms with Gasteiger partial charge in [0.1, 0.15) is 11.6 Å². The third kappa shape index (κ3) is 1.87. The number of halogens is 1. The lowest BCUT2D eigenvalue weighted by molar-refractivity contribution is 0.396. The summed E-state index contributed by atoms with van der Waals surface area (Å²) in [7, 11) is 0. The summed E-state index contributed by atoms with van der Waals surface area (Å²) in [5.41, 5.74) is 0.588. The van der Waals surface area contributed by atoms with Gasteiger partial charge in [0.15, 0.2) is 0 Å². The minimum absolute atomic E-state index is 0.0656. The summed E-state index contributed by atoms with van der Waals surface area (Å²) in [6, 6.07) is 4.27. The van der Waals surface area contributed by atoms with Crippen LogP contribution < -0.4 is 5.32 Å². The molecule has 0 saturated carbocycles. The molecule has 1 aromatic carbocycles. The molecule has 1 aliphatic heterocycles. The van der Waals surface area contributed by atoms with Crippen molar-refractivity contribution in [1.82, 2.24) is 5.32 Å². The maximum absolute atomic E-state index is 13.4. The summed E-state index contributed by atoms with van der Waals surface area (Å²) < 4.78 is 13.4. The fourth-order valence-corrected chi connectivity index (χ4v) is 1.92. The second-order valence-electron chi connectivity index (χ2n) is 3.71. The van der Waals surface area contributed by atoms with Gasteiger partial charge < -0.3 is 10.4 Å². The number of nitrogens with one attached hydrogen (secondary N) is 1. The van der Waals surface area contributed by atoms with Gasteiger partial charge >= 0.3 is 0 Å². The summed E-state index contributed by atoms with van der Waals surface area (Å²) in [6.45, 7) is 0.930. The van der Waals surface area contributed by atoms with Crippen molar-refractivity contribution in [3.63, 3.8) is 0 Å². The second kappa shape index (κ2) is 3.96. The molecule has 76 valence electrons. The first-order valence-corrected chi connectivity index (χ1v) is 4.99. The lowest BCUT2D eigenvalue weighted by Gasteiger charge is -2.24. The standard InChI is InChI=1S/C11H14FNO/c12-10-5-4-8(14)7-9(10)11-3-1-2-6-13-11/h4-5,7,11,13-14H,1-3,6H2. The van der Waals surface area contributed by atoms with Gasteiger partial charge in [0.05, 0.1) is 0 Å². The first-order valence-electron chi connectivity index (χ1n) is 4.99. The first-order chi connectivity index (χ1) is 6.77. The van der Waals surface area contributed by atoms with Crippen molar-refractivity contribution in [2.75, 3.05) is 6.54 Å². The average Bonchev–Trinajstić information content (AvgIpc) is 2.23. The van der Waals surface area contributed by atoms with Crippen molar-refractivity contribution in [3.05, 3.63) is 29.6 Å². The van der Waals surface area contributed by atoms with Gasteiger partial charge in [-0.05, 0) is 37.6 Å². The van der Waals surface area contributed by atoms with Gasteiger partial charge in [0.2, 0.25) is 0 Å². The first kappa shape index (κ1) is 9.46. The van der Waals surface area contributed by atoms with E-state index in [2.05, 4.69) is 5.32 Å². The molecule has 3 heteroatoms. The van der Waals surface area contributed by atoms with Gasteiger partial charge in [-0.25, -0.2) is 4.39 Å².